The van der Waals surface area contributed by atoms with Crippen LogP contribution in [0.25, 0.3) is 0 Å². The van der Waals surface area contributed by atoms with E-state index in [4.69, 9.17) is 0 Å². The lowest BCUT2D eigenvalue weighted by atomic mass is 9.71. The van der Waals surface area contributed by atoms with Crippen molar-refractivity contribution in [3.8, 4) is 0 Å². The highest BCUT2D eigenvalue weighted by Gasteiger charge is 2.40. The Bertz CT molecular complexity index is 299. The molecule has 2 heteroatoms. The standard InChI is InChI=1S/C17H32N2/c1-16(2)7-3-6-15(12-16)19-11-5-9-17(14-19)8-4-10-18-13-17/h15,18H,3-14H2,1-2H3. The molecule has 0 aromatic rings. The molecule has 1 spiro atoms. The van der Waals surface area contributed by atoms with Gasteiger partial charge in [0.15, 0.2) is 0 Å². The molecule has 0 aromatic heterocycles. The summed E-state index contributed by atoms with van der Waals surface area (Å²) in [5.74, 6) is 0. The second-order valence-electron chi connectivity index (χ2n) is 8.27. The Kier molecular flexibility index (Phi) is 3.92. The molecule has 1 aliphatic carbocycles. The van der Waals surface area contributed by atoms with Gasteiger partial charge in [-0.2, -0.15) is 0 Å². The number of likely N-dealkylation sites (tertiary alicyclic amines) is 1. The summed E-state index contributed by atoms with van der Waals surface area (Å²) in [5.41, 5.74) is 1.20. The number of nitrogens with one attached hydrogen (secondary N) is 1. The lowest BCUT2D eigenvalue weighted by molar-refractivity contribution is 0.00828. The number of hydrogen-bond donors (Lipinski definition) is 1. The zero-order valence-corrected chi connectivity index (χ0v) is 13.0. The van der Waals surface area contributed by atoms with E-state index < -0.39 is 0 Å². The topological polar surface area (TPSA) is 15.3 Å². The summed E-state index contributed by atoms with van der Waals surface area (Å²) in [4.78, 5) is 2.87. The highest BCUT2D eigenvalue weighted by atomic mass is 15.2. The predicted octanol–water partition coefficient (Wildman–Crippen LogP) is 3.42. The Morgan fingerprint density at radius 2 is 1.89 bits per heavy atom. The molecule has 2 saturated heterocycles. The third kappa shape index (κ3) is 3.16. The van der Waals surface area contributed by atoms with Gasteiger partial charge in [0.05, 0.1) is 0 Å². The molecule has 2 unspecified atom stereocenters. The first kappa shape index (κ1) is 13.9. The molecule has 1 saturated carbocycles. The second kappa shape index (κ2) is 5.37. The SMILES string of the molecule is CC1(C)CCCC(N2CCCC3(CCCNC3)C2)C1. The van der Waals surface area contributed by atoms with E-state index in [1.54, 1.807) is 0 Å². The van der Waals surface area contributed by atoms with Crippen molar-refractivity contribution < 1.29 is 0 Å². The summed E-state index contributed by atoms with van der Waals surface area (Å²) in [6.07, 6.45) is 11.5. The van der Waals surface area contributed by atoms with Crippen molar-refractivity contribution in [2.45, 2.75) is 71.3 Å². The van der Waals surface area contributed by atoms with E-state index in [2.05, 4.69) is 24.1 Å². The fourth-order valence-electron chi connectivity index (χ4n) is 4.91. The van der Waals surface area contributed by atoms with E-state index in [1.165, 1.54) is 77.5 Å². The minimum absolute atomic E-state index is 0.582. The number of piperidine rings is 2. The van der Waals surface area contributed by atoms with Crippen molar-refractivity contribution in [1.29, 1.82) is 0 Å². The van der Waals surface area contributed by atoms with Crippen molar-refractivity contribution in [1.82, 2.24) is 10.2 Å². The lowest BCUT2D eigenvalue weighted by Gasteiger charge is -2.50. The van der Waals surface area contributed by atoms with Gasteiger partial charge >= 0.3 is 0 Å². The molecule has 0 aromatic carbocycles. The van der Waals surface area contributed by atoms with Crippen molar-refractivity contribution in [3.05, 3.63) is 0 Å². The molecule has 2 atom stereocenters. The zero-order chi connectivity index (χ0) is 13.3. The first-order chi connectivity index (χ1) is 9.09. The van der Waals surface area contributed by atoms with E-state index in [0.717, 1.165) is 6.04 Å². The highest BCUT2D eigenvalue weighted by Crippen LogP contribution is 2.41. The fourth-order valence-corrected chi connectivity index (χ4v) is 4.91. The summed E-state index contributed by atoms with van der Waals surface area (Å²) in [6, 6.07) is 0.878. The third-order valence-corrected chi connectivity index (χ3v) is 5.95. The largest absolute Gasteiger partial charge is 0.316 e. The molecule has 2 nitrogen and oxygen atoms in total. The Balaban J connectivity index is 1.64. The van der Waals surface area contributed by atoms with Crippen LogP contribution in [0.1, 0.15) is 65.2 Å². The molecule has 0 radical (unpaired) electrons. The van der Waals surface area contributed by atoms with Crippen LogP contribution in [0, 0.1) is 10.8 Å². The van der Waals surface area contributed by atoms with Crippen LogP contribution < -0.4 is 5.32 Å². The van der Waals surface area contributed by atoms with Crippen LogP contribution >= 0.6 is 0 Å². The van der Waals surface area contributed by atoms with Crippen LogP contribution in [0.4, 0.5) is 0 Å². The van der Waals surface area contributed by atoms with Gasteiger partial charge in [-0.15, -0.1) is 0 Å². The molecular formula is C17H32N2. The van der Waals surface area contributed by atoms with Crippen molar-refractivity contribution in [2.75, 3.05) is 26.2 Å². The molecule has 2 heterocycles. The van der Waals surface area contributed by atoms with E-state index in [0.29, 0.717) is 10.8 Å². The first-order valence-corrected chi connectivity index (χ1v) is 8.54. The van der Waals surface area contributed by atoms with Crippen molar-refractivity contribution in [2.24, 2.45) is 10.8 Å². The molecule has 3 aliphatic rings. The molecule has 0 amide bonds. The molecule has 3 rings (SSSR count). The van der Waals surface area contributed by atoms with Gasteiger partial charge in [-0.05, 0) is 68.9 Å². The van der Waals surface area contributed by atoms with E-state index in [9.17, 15) is 0 Å². The maximum Gasteiger partial charge on any atom is 0.0101 e. The van der Waals surface area contributed by atoms with Crippen LogP contribution in [0.5, 0.6) is 0 Å². The average molecular weight is 264 g/mol. The number of nitrogens with zero attached hydrogens (tertiary/aromatic N) is 1. The second-order valence-corrected chi connectivity index (χ2v) is 8.27. The number of hydrogen-bond acceptors (Lipinski definition) is 2. The molecule has 2 aliphatic heterocycles. The Hall–Kier alpha value is -0.0800. The van der Waals surface area contributed by atoms with Crippen LogP contribution in [0.2, 0.25) is 0 Å². The van der Waals surface area contributed by atoms with Gasteiger partial charge in [0, 0.05) is 19.1 Å². The van der Waals surface area contributed by atoms with E-state index in [1.807, 2.05) is 0 Å². The monoisotopic (exact) mass is 264 g/mol. The molecule has 0 bridgehead atoms. The van der Waals surface area contributed by atoms with Gasteiger partial charge in [0.2, 0.25) is 0 Å². The third-order valence-electron chi connectivity index (χ3n) is 5.95. The van der Waals surface area contributed by atoms with Gasteiger partial charge in [-0.3, -0.25) is 4.90 Å². The van der Waals surface area contributed by atoms with Crippen molar-refractivity contribution in [3.63, 3.8) is 0 Å². The van der Waals surface area contributed by atoms with E-state index >= 15 is 0 Å². The van der Waals surface area contributed by atoms with E-state index in [-0.39, 0.29) is 0 Å². The summed E-state index contributed by atoms with van der Waals surface area (Å²) in [6.45, 7) is 10.2. The normalized spacial score (nSPS) is 40.4. The molecule has 1 N–H and O–H groups in total. The van der Waals surface area contributed by atoms with Crippen LogP contribution in [-0.4, -0.2) is 37.1 Å². The highest BCUT2D eigenvalue weighted by molar-refractivity contribution is 4.95. The minimum atomic E-state index is 0.582. The van der Waals surface area contributed by atoms with Crippen molar-refractivity contribution >= 4 is 0 Å². The quantitative estimate of drug-likeness (QED) is 0.780. The lowest BCUT2D eigenvalue weighted by Crippen LogP contribution is -2.54. The zero-order valence-electron chi connectivity index (χ0n) is 13.0. The van der Waals surface area contributed by atoms with Gasteiger partial charge in [-0.1, -0.05) is 20.3 Å². The van der Waals surface area contributed by atoms with Crippen LogP contribution in [0.3, 0.4) is 0 Å². The summed E-state index contributed by atoms with van der Waals surface area (Å²) in [7, 11) is 0. The van der Waals surface area contributed by atoms with Gasteiger partial charge in [-0.25, -0.2) is 0 Å². The average Bonchev–Trinajstić information content (AvgIpc) is 2.38. The Labute approximate surface area is 119 Å². The van der Waals surface area contributed by atoms with Gasteiger partial charge < -0.3 is 5.32 Å². The Morgan fingerprint density at radius 3 is 2.63 bits per heavy atom. The molecule has 110 valence electrons. The molecule has 3 fully saturated rings. The maximum atomic E-state index is 3.66. The smallest absolute Gasteiger partial charge is 0.0101 e. The number of rotatable bonds is 1. The molecule has 19 heavy (non-hydrogen) atoms. The first-order valence-electron chi connectivity index (χ1n) is 8.54. The summed E-state index contributed by atoms with van der Waals surface area (Å²) >= 11 is 0. The van der Waals surface area contributed by atoms with Crippen LogP contribution in [0.15, 0.2) is 0 Å². The predicted molar refractivity (Wildman–Crippen MR) is 81.4 cm³/mol. The Morgan fingerprint density at radius 1 is 1.05 bits per heavy atom. The fraction of sp³-hybridized carbons (Fsp3) is 1.00. The summed E-state index contributed by atoms with van der Waals surface area (Å²) < 4.78 is 0. The summed E-state index contributed by atoms with van der Waals surface area (Å²) in [5, 5.41) is 3.66. The van der Waals surface area contributed by atoms with Gasteiger partial charge in [0.1, 0.15) is 0 Å². The minimum Gasteiger partial charge on any atom is -0.316 e. The maximum absolute atomic E-state index is 3.66. The van der Waals surface area contributed by atoms with Gasteiger partial charge in [0.25, 0.3) is 0 Å². The molecular weight excluding hydrogens is 232 g/mol. The van der Waals surface area contributed by atoms with Crippen LogP contribution in [-0.2, 0) is 0 Å².